The van der Waals surface area contributed by atoms with Gasteiger partial charge in [0.05, 0.1) is 9.88 Å². The Bertz CT molecular complexity index is 1210. The zero-order valence-corrected chi connectivity index (χ0v) is 21.0. The minimum absolute atomic E-state index is 0.225. The van der Waals surface area contributed by atoms with Gasteiger partial charge in [0.15, 0.2) is 11.6 Å². The summed E-state index contributed by atoms with van der Waals surface area (Å²) in [5.74, 6) is 7.97. The summed E-state index contributed by atoms with van der Waals surface area (Å²) in [5.41, 5.74) is 8.85. The standard InChI is InChI=1S/C28H32N4OS/c1-5-28(2,3)12-9-20-7-6-8-21(15-20)19-33-24-16-23(17-30-26(24)29)25-18-31-27(34-25)22-10-13-32(4)14-11-22/h5-8,15-18,22H,1,10-11,13-14,19H2,2-4H3,(H2,29,30). The van der Waals surface area contributed by atoms with Gasteiger partial charge < -0.3 is 15.4 Å². The molecule has 0 radical (unpaired) electrons. The highest BCUT2D eigenvalue weighted by Gasteiger charge is 2.21. The number of hydrogen-bond donors (Lipinski definition) is 1. The predicted octanol–water partition coefficient (Wildman–Crippen LogP) is 5.74. The Morgan fingerprint density at radius 1 is 1.24 bits per heavy atom. The molecule has 6 heteroatoms. The van der Waals surface area contributed by atoms with Crippen LogP contribution in [0, 0.1) is 17.3 Å². The summed E-state index contributed by atoms with van der Waals surface area (Å²) in [4.78, 5) is 12.6. The molecule has 0 spiro atoms. The van der Waals surface area contributed by atoms with Crippen LogP contribution in [0.5, 0.6) is 5.75 Å². The van der Waals surface area contributed by atoms with Gasteiger partial charge in [-0.05, 0) is 70.6 Å². The molecule has 0 saturated carbocycles. The maximum atomic E-state index is 6.12. The van der Waals surface area contributed by atoms with E-state index in [1.54, 1.807) is 17.5 Å². The van der Waals surface area contributed by atoms with Crippen LogP contribution in [0.1, 0.15) is 48.7 Å². The molecule has 1 aliphatic rings. The van der Waals surface area contributed by atoms with Crippen molar-refractivity contribution in [3.8, 4) is 28.0 Å². The molecule has 2 aromatic heterocycles. The Morgan fingerprint density at radius 2 is 2.03 bits per heavy atom. The lowest BCUT2D eigenvalue weighted by Crippen LogP contribution is -2.29. The number of benzene rings is 1. The Hall–Kier alpha value is -3.14. The average molecular weight is 473 g/mol. The van der Waals surface area contributed by atoms with Crippen molar-refractivity contribution in [2.75, 3.05) is 25.9 Å². The fourth-order valence-electron chi connectivity index (χ4n) is 3.76. The number of pyridine rings is 1. The number of likely N-dealkylation sites (tertiary alicyclic amines) is 1. The van der Waals surface area contributed by atoms with E-state index in [-0.39, 0.29) is 5.41 Å². The fourth-order valence-corrected chi connectivity index (χ4v) is 4.82. The van der Waals surface area contributed by atoms with Crippen molar-refractivity contribution < 1.29 is 4.74 Å². The van der Waals surface area contributed by atoms with Gasteiger partial charge in [-0.15, -0.1) is 17.9 Å². The monoisotopic (exact) mass is 472 g/mol. The summed E-state index contributed by atoms with van der Waals surface area (Å²) in [7, 11) is 2.18. The summed E-state index contributed by atoms with van der Waals surface area (Å²) in [5, 5.41) is 1.21. The zero-order chi connectivity index (χ0) is 24.1. The lowest BCUT2D eigenvalue weighted by Gasteiger charge is -2.27. The van der Waals surface area contributed by atoms with Crippen LogP contribution < -0.4 is 10.5 Å². The Balaban J connectivity index is 1.46. The smallest absolute Gasteiger partial charge is 0.166 e. The third kappa shape index (κ3) is 6.05. The van der Waals surface area contributed by atoms with Gasteiger partial charge >= 0.3 is 0 Å². The predicted molar refractivity (Wildman–Crippen MR) is 141 cm³/mol. The molecular weight excluding hydrogens is 440 g/mol. The number of piperidine rings is 1. The zero-order valence-electron chi connectivity index (χ0n) is 20.2. The van der Waals surface area contributed by atoms with E-state index >= 15 is 0 Å². The van der Waals surface area contributed by atoms with E-state index in [0.717, 1.165) is 47.5 Å². The van der Waals surface area contributed by atoms with Crippen LogP contribution in [0.15, 0.2) is 55.4 Å². The van der Waals surface area contributed by atoms with Gasteiger partial charge in [0.1, 0.15) is 6.61 Å². The normalized spacial score (nSPS) is 14.9. The molecule has 4 rings (SSSR count). The topological polar surface area (TPSA) is 64.3 Å². The number of nitrogens with two attached hydrogens (primary N) is 1. The van der Waals surface area contributed by atoms with E-state index in [2.05, 4.69) is 35.4 Å². The molecule has 3 aromatic rings. The van der Waals surface area contributed by atoms with Crippen LogP contribution in [-0.2, 0) is 6.61 Å². The third-order valence-electron chi connectivity index (χ3n) is 6.12. The summed E-state index contributed by atoms with van der Waals surface area (Å²) in [6.07, 6.45) is 7.92. The van der Waals surface area contributed by atoms with Crippen molar-refractivity contribution in [2.24, 2.45) is 5.41 Å². The second kappa shape index (κ2) is 10.4. The van der Waals surface area contributed by atoms with Crippen molar-refractivity contribution in [1.29, 1.82) is 0 Å². The molecule has 0 atom stereocenters. The van der Waals surface area contributed by atoms with Crippen LogP contribution in [0.2, 0.25) is 0 Å². The van der Waals surface area contributed by atoms with Crippen LogP contribution in [0.25, 0.3) is 10.4 Å². The van der Waals surface area contributed by atoms with Gasteiger partial charge in [-0.3, -0.25) is 0 Å². The maximum Gasteiger partial charge on any atom is 0.166 e. The second-order valence-corrected chi connectivity index (χ2v) is 10.5. The van der Waals surface area contributed by atoms with Crippen molar-refractivity contribution in [1.82, 2.24) is 14.9 Å². The lowest BCUT2D eigenvalue weighted by molar-refractivity contribution is 0.255. The summed E-state index contributed by atoms with van der Waals surface area (Å²) >= 11 is 1.75. The van der Waals surface area contributed by atoms with Crippen molar-refractivity contribution in [2.45, 2.75) is 39.2 Å². The van der Waals surface area contributed by atoms with Crippen LogP contribution >= 0.6 is 11.3 Å². The van der Waals surface area contributed by atoms with Crippen LogP contribution in [-0.4, -0.2) is 35.0 Å². The maximum absolute atomic E-state index is 6.12. The molecule has 2 N–H and O–H groups in total. The Kier molecular flexibility index (Phi) is 7.35. The van der Waals surface area contributed by atoms with Gasteiger partial charge in [0.25, 0.3) is 0 Å². The Labute approximate surface area is 206 Å². The largest absolute Gasteiger partial charge is 0.485 e. The van der Waals surface area contributed by atoms with Crippen LogP contribution in [0.4, 0.5) is 5.82 Å². The highest BCUT2D eigenvalue weighted by atomic mass is 32.1. The minimum Gasteiger partial charge on any atom is -0.485 e. The molecule has 0 unspecified atom stereocenters. The number of nitrogens with zero attached hydrogens (tertiary/aromatic N) is 3. The molecule has 0 amide bonds. The SMILES string of the molecule is C=CC(C)(C)C#Cc1cccc(COc2cc(-c3cnc(C4CCN(C)CC4)s3)cnc2N)c1. The van der Waals surface area contributed by atoms with E-state index in [1.807, 2.05) is 56.5 Å². The fraction of sp³-hybridized carbons (Fsp3) is 0.357. The van der Waals surface area contributed by atoms with Crippen molar-refractivity contribution >= 4 is 17.2 Å². The second-order valence-electron chi connectivity index (χ2n) is 9.41. The first-order chi connectivity index (χ1) is 16.3. The molecule has 0 aliphatic carbocycles. The van der Waals surface area contributed by atoms with Gasteiger partial charge in [-0.1, -0.05) is 30.0 Å². The number of ether oxygens (including phenoxy) is 1. The highest BCUT2D eigenvalue weighted by Crippen LogP contribution is 2.36. The number of hydrogen-bond acceptors (Lipinski definition) is 6. The summed E-state index contributed by atoms with van der Waals surface area (Å²) in [6, 6.07) is 10.0. The van der Waals surface area contributed by atoms with E-state index < -0.39 is 0 Å². The van der Waals surface area contributed by atoms with Crippen molar-refractivity contribution in [3.05, 3.63) is 71.5 Å². The number of allylic oxidation sites excluding steroid dienone is 1. The molecule has 5 nitrogen and oxygen atoms in total. The lowest BCUT2D eigenvalue weighted by atomic mass is 9.94. The average Bonchev–Trinajstić information content (AvgIpc) is 3.33. The van der Waals surface area contributed by atoms with Crippen molar-refractivity contribution in [3.63, 3.8) is 0 Å². The molecule has 34 heavy (non-hydrogen) atoms. The number of anilines is 1. The summed E-state index contributed by atoms with van der Waals surface area (Å²) in [6.45, 7) is 10.6. The number of thiazole rings is 1. The summed E-state index contributed by atoms with van der Waals surface area (Å²) < 4.78 is 6.07. The first-order valence-corrected chi connectivity index (χ1v) is 12.4. The molecule has 176 valence electrons. The molecule has 1 aliphatic heterocycles. The first kappa shape index (κ1) is 24.0. The highest BCUT2D eigenvalue weighted by molar-refractivity contribution is 7.15. The molecular formula is C28H32N4OS. The van der Waals surface area contributed by atoms with E-state index in [9.17, 15) is 0 Å². The van der Waals surface area contributed by atoms with Gasteiger partial charge in [0.2, 0.25) is 0 Å². The van der Waals surface area contributed by atoms with Gasteiger partial charge in [-0.25, -0.2) is 9.97 Å². The third-order valence-corrected chi connectivity index (χ3v) is 7.33. The van der Waals surface area contributed by atoms with E-state index in [1.165, 1.54) is 5.01 Å². The van der Waals surface area contributed by atoms with Gasteiger partial charge in [-0.2, -0.15) is 0 Å². The molecule has 1 fully saturated rings. The number of nitrogen functional groups attached to an aromatic ring is 1. The van der Waals surface area contributed by atoms with E-state index in [4.69, 9.17) is 15.5 Å². The first-order valence-electron chi connectivity index (χ1n) is 11.6. The number of aromatic nitrogens is 2. The van der Waals surface area contributed by atoms with Gasteiger partial charge in [0, 0.05) is 34.9 Å². The minimum atomic E-state index is -0.225. The molecule has 3 heterocycles. The molecule has 0 bridgehead atoms. The quantitative estimate of drug-likeness (QED) is 0.366. The van der Waals surface area contributed by atoms with Crippen LogP contribution in [0.3, 0.4) is 0 Å². The molecule has 1 saturated heterocycles. The van der Waals surface area contributed by atoms with E-state index in [0.29, 0.717) is 24.1 Å². The number of rotatable bonds is 6. The Morgan fingerprint density at radius 3 is 2.79 bits per heavy atom. The molecule has 1 aromatic carbocycles.